The molecule has 1 N–H and O–H groups in total. The highest BCUT2D eigenvalue weighted by Crippen LogP contribution is 2.44. The normalized spacial score (nSPS) is 16.5. The zero-order valence-corrected chi connectivity index (χ0v) is 19.1. The van der Waals surface area contributed by atoms with Crippen molar-refractivity contribution in [1.82, 2.24) is 4.90 Å². The van der Waals surface area contributed by atoms with Crippen LogP contribution in [-0.4, -0.2) is 41.8 Å². The number of fused-ring (bicyclic) bond motifs is 3. The number of carboxylic acid groups (broad SMARTS) is 1. The summed E-state index contributed by atoms with van der Waals surface area (Å²) >= 11 is 0. The van der Waals surface area contributed by atoms with Gasteiger partial charge in [-0.15, -0.1) is 0 Å². The first-order valence-corrected chi connectivity index (χ1v) is 12.0. The van der Waals surface area contributed by atoms with Crippen LogP contribution in [0.2, 0.25) is 0 Å². The summed E-state index contributed by atoms with van der Waals surface area (Å²) in [5.74, 6) is -0.542. The Labute approximate surface area is 200 Å². The van der Waals surface area contributed by atoms with E-state index in [4.69, 9.17) is 4.74 Å². The van der Waals surface area contributed by atoms with Gasteiger partial charge < -0.3 is 14.7 Å². The molecule has 0 aromatic heterocycles. The Hall–Kier alpha value is -3.60. The van der Waals surface area contributed by atoms with Gasteiger partial charge in [-0.25, -0.2) is 4.79 Å². The third-order valence-corrected chi connectivity index (χ3v) is 7.33. The number of ether oxygens (including phenoxy) is 1. The predicted octanol–water partition coefficient (Wildman–Crippen LogP) is 5.91. The van der Waals surface area contributed by atoms with Crippen LogP contribution in [0.15, 0.2) is 78.9 Å². The van der Waals surface area contributed by atoms with E-state index in [0.717, 1.165) is 18.4 Å². The van der Waals surface area contributed by atoms with Crippen LogP contribution in [0.4, 0.5) is 4.79 Å². The molecule has 5 rings (SSSR count). The summed E-state index contributed by atoms with van der Waals surface area (Å²) in [6, 6.07) is 26.5. The molecule has 3 aromatic rings. The van der Waals surface area contributed by atoms with E-state index in [1.807, 2.05) is 54.6 Å². The number of carbonyl (C=O) groups is 2. The maximum absolute atomic E-state index is 12.9. The number of hydrogen-bond donors (Lipinski definition) is 1. The summed E-state index contributed by atoms with van der Waals surface area (Å²) < 4.78 is 5.82. The minimum Gasteiger partial charge on any atom is -0.481 e. The minimum atomic E-state index is -0.784. The van der Waals surface area contributed by atoms with E-state index in [9.17, 15) is 14.7 Å². The van der Waals surface area contributed by atoms with E-state index in [1.54, 1.807) is 4.90 Å². The number of carboxylic acids is 1. The number of hydrogen-bond acceptors (Lipinski definition) is 3. The van der Waals surface area contributed by atoms with Crippen LogP contribution in [0.25, 0.3) is 11.1 Å². The Balaban J connectivity index is 1.21. The number of nitrogens with zero attached hydrogens (tertiary/aromatic N) is 1. The lowest BCUT2D eigenvalue weighted by Gasteiger charge is -2.35. The van der Waals surface area contributed by atoms with Crippen LogP contribution in [0, 0.1) is 5.92 Å². The molecular weight excluding hydrogens is 426 g/mol. The average Bonchev–Trinajstić information content (AvgIpc) is 3.20. The predicted molar refractivity (Wildman–Crippen MR) is 131 cm³/mol. The molecule has 5 nitrogen and oxygen atoms in total. The second kappa shape index (κ2) is 9.72. The van der Waals surface area contributed by atoms with Crippen molar-refractivity contribution in [2.45, 2.75) is 31.1 Å². The van der Waals surface area contributed by atoms with Gasteiger partial charge in [0, 0.05) is 19.0 Å². The molecule has 0 unspecified atom stereocenters. The van der Waals surface area contributed by atoms with E-state index in [-0.39, 0.29) is 30.3 Å². The molecule has 1 fully saturated rings. The fraction of sp³-hybridized carbons (Fsp3) is 0.310. The van der Waals surface area contributed by atoms with Crippen LogP contribution in [0.5, 0.6) is 0 Å². The third kappa shape index (κ3) is 4.43. The molecule has 1 amide bonds. The van der Waals surface area contributed by atoms with Crippen molar-refractivity contribution in [3.63, 3.8) is 0 Å². The molecule has 0 saturated carbocycles. The zero-order valence-electron chi connectivity index (χ0n) is 19.1. The van der Waals surface area contributed by atoms with E-state index >= 15 is 0 Å². The molecule has 174 valence electrons. The second-order valence-electron chi connectivity index (χ2n) is 9.24. The molecule has 34 heavy (non-hydrogen) atoms. The molecular formula is C29H29NO4. The maximum atomic E-state index is 12.9. The molecule has 1 aliphatic carbocycles. The molecule has 0 bridgehead atoms. The van der Waals surface area contributed by atoms with Crippen molar-refractivity contribution in [2.75, 3.05) is 19.7 Å². The van der Waals surface area contributed by atoms with Gasteiger partial charge in [-0.1, -0.05) is 78.9 Å². The Morgan fingerprint density at radius 2 is 1.41 bits per heavy atom. The number of likely N-dealkylation sites (tertiary alicyclic amines) is 1. The van der Waals surface area contributed by atoms with E-state index < -0.39 is 5.97 Å². The van der Waals surface area contributed by atoms with Gasteiger partial charge in [0.2, 0.25) is 0 Å². The van der Waals surface area contributed by atoms with Crippen LogP contribution >= 0.6 is 0 Å². The topological polar surface area (TPSA) is 66.8 Å². The third-order valence-electron chi connectivity index (χ3n) is 7.33. The van der Waals surface area contributed by atoms with Gasteiger partial charge in [0.25, 0.3) is 0 Å². The van der Waals surface area contributed by atoms with Gasteiger partial charge >= 0.3 is 12.1 Å². The largest absolute Gasteiger partial charge is 0.481 e. The molecule has 0 spiro atoms. The van der Waals surface area contributed by atoms with Gasteiger partial charge in [0.05, 0.1) is 6.42 Å². The lowest BCUT2D eigenvalue weighted by molar-refractivity contribution is -0.137. The lowest BCUT2D eigenvalue weighted by Crippen LogP contribution is -2.40. The molecule has 2 aliphatic rings. The summed E-state index contributed by atoms with van der Waals surface area (Å²) in [6.07, 6.45) is 1.38. The van der Waals surface area contributed by atoms with Gasteiger partial charge in [0.1, 0.15) is 6.61 Å². The molecule has 1 aliphatic heterocycles. The number of rotatable bonds is 6. The summed E-state index contributed by atoms with van der Waals surface area (Å²) in [6.45, 7) is 1.49. The van der Waals surface area contributed by atoms with Crippen molar-refractivity contribution in [3.8, 4) is 11.1 Å². The van der Waals surface area contributed by atoms with Crippen molar-refractivity contribution in [2.24, 2.45) is 5.92 Å². The Bertz CT molecular complexity index is 1120. The summed E-state index contributed by atoms with van der Waals surface area (Å²) in [4.78, 5) is 26.2. The van der Waals surface area contributed by atoms with Crippen molar-refractivity contribution < 1.29 is 19.4 Å². The molecule has 1 saturated heterocycles. The van der Waals surface area contributed by atoms with Crippen molar-refractivity contribution >= 4 is 12.1 Å². The molecule has 3 aromatic carbocycles. The SMILES string of the molecule is O=C(O)C[C@@H](c1ccccc1)C1CCN(C(=O)OCC2c3ccccc3-c3ccccc32)CC1. The molecule has 1 heterocycles. The molecule has 1 atom stereocenters. The van der Waals surface area contributed by atoms with Gasteiger partial charge in [0.15, 0.2) is 0 Å². The first-order valence-electron chi connectivity index (χ1n) is 12.0. The van der Waals surface area contributed by atoms with Crippen LogP contribution < -0.4 is 0 Å². The minimum absolute atomic E-state index is 0.0386. The molecule has 5 heteroatoms. The first-order chi connectivity index (χ1) is 16.6. The highest BCUT2D eigenvalue weighted by molar-refractivity contribution is 5.79. The Morgan fingerprint density at radius 3 is 2.00 bits per heavy atom. The number of aliphatic carboxylic acids is 1. The highest BCUT2D eigenvalue weighted by Gasteiger charge is 2.33. The van der Waals surface area contributed by atoms with Crippen LogP contribution in [0.1, 0.15) is 47.8 Å². The first kappa shape index (κ1) is 22.2. The second-order valence-corrected chi connectivity index (χ2v) is 9.24. The highest BCUT2D eigenvalue weighted by atomic mass is 16.6. The van der Waals surface area contributed by atoms with Gasteiger partial charge in [-0.3, -0.25) is 4.79 Å². The summed E-state index contributed by atoms with van der Waals surface area (Å²) in [5, 5.41) is 9.44. The zero-order chi connectivity index (χ0) is 23.5. The smallest absolute Gasteiger partial charge is 0.409 e. The van der Waals surface area contributed by atoms with E-state index in [1.165, 1.54) is 22.3 Å². The fourth-order valence-electron chi connectivity index (χ4n) is 5.61. The van der Waals surface area contributed by atoms with Crippen molar-refractivity contribution in [1.29, 1.82) is 0 Å². The maximum Gasteiger partial charge on any atom is 0.409 e. The molecule has 0 radical (unpaired) electrons. The van der Waals surface area contributed by atoms with Gasteiger partial charge in [-0.2, -0.15) is 0 Å². The van der Waals surface area contributed by atoms with Gasteiger partial charge in [-0.05, 0) is 52.5 Å². The Kier molecular flexibility index (Phi) is 6.35. The van der Waals surface area contributed by atoms with E-state index in [2.05, 4.69) is 24.3 Å². The Morgan fingerprint density at radius 1 is 0.853 bits per heavy atom. The quantitative estimate of drug-likeness (QED) is 0.502. The number of benzene rings is 3. The fourth-order valence-corrected chi connectivity index (χ4v) is 5.61. The summed E-state index contributed by atoms with van der Waals surface area (Å²) in [5.41, 5.74) is 5.89. The van der Waals surface area contributed by atoms with Crippen LogP contribution in [-0.2, 0) is 9.53 Å². The number of carbonyl (C=O) groups excluding carboxylic acids is 1. The standard InChI is InChI=1S/C29H29NO4/c31-28(32)18-26(20-8-2-1-3-9-20)21-14-16-30(17-15-21)29(33)34-19-27-24-12-6-4-10-22(24)23-11-5-7-13-25(23)27/h1-13,21,26-27H,14-19H2,(H,31,32)/t26-/m0/s1. The average molecular weight is 456 g/mol. The van der Waals surface area contributed by atoms with E-state index in [0.29, 0.717) is 19.7 Å². The monoisotopic (exact) mass is 455 g/mol. The van der Waals surface area contributed by atoms with Crippen LogP contribution in [0.3, 0.4) is 0 Å². The van der Waals surface area contributed by atoms with Crippen molar-refractivity contribution in [3.05, 3.63) is 95.6 Å². The number of amides is 1. The lowest BCUT2D eigenvalue weighted by atomic mass is 9.78. The number of piperidine rings is 1. The summed E-state index contributed by atoms with van der Waals surface area (Å²) in [7, 11) is 0.